The van der Waals surface area contributed by atoms with Crippen molar-refractivity contribution >= 4 is 44.4 Å². The van der Waals surface area contributed by atoms with Gasteiger partial charge in [-0.3, -0.25) is 4.79 Å². The van der Waals surface area contributed by atoms with Gasteiger partial charge in [0, 0.05) is 38.1 Å². The van der Waals surface area contributed by atoms with Crippen LogP contribution in [0.5, 0.6) is 5.75 Å². The molecular weight excluding hydrogens is 472 g/mol. The summed E-state index contributed by atoms with van der Waals surface area (Å²) in [7, 11) is 5.62. The molecule has 8 nitrogen and oxygen atoms in total. The number of benzene rings is 1. The number of pyridine rings is 1. The maximum absolute atomic E-state index is 12.2. The van der Waals surface area contributed by atoms with Gasteiger partial charge >= 0.3 is 0 Å². The second kappa shape index (κ2) is 7.81. The Balaban J connectivity index is 1.56. The first-order valence-corrected chi connectivity index (χ1v) is 11.3. The number of ether oxygens (including phenoxy) is 1. The third kappa shape index (κ3) is 3.31. The Labute approximate surface area is 194 Å². The van der Waals surface area contributed by atoms with E-state index in [-0.39, 0.29) is 29.7 Å². The van der Waals surface area contributed by atoms with Crippen molar-refractivity contribution in [2.45, 2.75) is 12.5 Å². The number of aromatic nitrogens is 3. The minimum absolute atomic E-state index is 0.0648. The molecule has 0 aliphatic heterocycles. The molecule has 4 N–H and O–H groups in total. The minimum atomic E-state index is -0.267. The fraction of sp³-hybridized carbons (Fsp3) is 0.348. The van der Waals surface area contributed by atoms with Crippen LogP contribution in [0.25, 0.3) is 22.6 Å². The van der Waals surface area contributed by atoms with E-state index in [0.29, 0.717) is 11.5 Å². The van der Waals surface area contributed by atoms with E-state index < -0.39 is 0 Å². The molecule has 5 rings (SSSR count). The normalized spacial score (nSPS) is 23.6. The SMILES string of the molecule is COc1cc(N(C)C)ccc1-c1nc2ncc(Br)c(N[C@H]3[C@@H](C(N)=O)[C@@H]4C=C[C@@H]3C4)c2[nH]1. The number of aromatic amines is 1. The largest absolute Gasteiger partial charge is 0.496 e. The number of H-pyrrole nitrogens is 1. The van der Waals surface area contributed by atoms with E-state index in [2.05, 4.69) is 43.4 Å². The zero-order chi connectivity index (χ0) is 22.6. The molecule has 9 heteroatoms. The number of primary amides is 1. The predicted molar refractivity (Wildman–Crippen MR) is 129 cm³/mol. The van der Waals surface area contributed by atoms with E-state index in [1.54, 1.807) is 13.3 Å². The van der Waals surface area contributed by atoms with Crippen LogP contribution >= 0.6 is 15.9 Å². The number of allylic oxidation sites excluding steroid dienone is 1. The fourth-order valence-electron chi connectivity index (χ4n) is 4.93. The van der Waals surface area contributed by atoms with Crippen LogP contribution in [0.1, 0.15) is 6.42 Å². The highest BCUT2D eigenvalue weighted by Gasteiger charge is 2.47. The summed E-state index contributed by atoms with van der Waals surface area (Å²) in [5.41, 5.74) is 9.81. The zero-order valence-electron chi connectivity index (χ0n) is 18.1. The van der Waals surface area contributed by atoms with Gasteiger partial charge in [0.15, 0.2) is 5.65 Å². The second-order valence-corrected chi connectivity index (χ2v) is 9.45. The topological polar surface area (TPSA) is 109 Å². The Hall–Kier alpha value is -3.07. The monoisotopic (exact) mass is 496 g/mol. The summed E-state index contributed by atoms with van der Waals surface area (Å²) in [6, 6.07) is 5.92. The number of nitrogens with zero attached hydrogens (tertiary/aromatic N) is 3. The fourth-order valence-corrected chi connectivity index (χ4v) is 5.34. The number of carbonyl (C=O) groups is 1. The molecule has 1 amide bonds. The third-order valence-electron chi connectivity index (χ3n) is 6.53. The highest BCUT2D eigenvalue weighted by molar-refractivity contribution is 9.10. The highest BCUT2D eigenvalue weighted by Crippen LogP contribution is 2.46. The summed E-state index contributed by atoms with van der Waals surface area (Å²) in [6.45, 7) is 0. The molecule has 2 aliphatic carbocycles. The zero-order valence-corrected chi connectivity index (χ0v) is 19.7. The molecule has 1 fully saturated rings. The number of halogens is 1. The molecule has 2 aliphatic rings. The Morgan fingerprint density at radius 3 is 2.81 bits per heavy atom. The molecule has 0 spiro atoms. The van der Waals surface area contributed by atoms with Gasteiger partial charge in [-0.15, -0.1) is 0 Å². The van der Waals surface area contributed by atoms with Gasteiger partial charge in [0.25, 0.3) is 0 Å². The number of hydrogen-bond acceptors (Lipinski definition) is 6. The van der Waals surface area contributed by atoms with Crippen molar-refractivity contribution in [3.05, 3.63) is 41.0 Å². The van der Waals surface area contributed by atoms with Crippen LogP contribution < -0.4 is 20.7 Å². The van der Waals surface area contributed by atoms with E-state index in [4.69, 9.17) is 15.5 Å². The summed E-state index contributed by atoms with van der Waals surface area (Å²) in [5, 5.41) is 3.58. The van der Waals surface area contributed by atoms with E-state index in [1.165, 1.54) is 0 Å². The molecule has 2 bridgehead atoms. The molecule has 2 aromatic heterocycles. The van der Waals surface area contributed by atoms with E-state index in [1.807, 2.05) is 37.2 Å². The van der Waals surface area contributed by atoms with E-state index in [9.17, 15) is 4.79 Å². The van der Waals surface area contributed by atoms with Gasteiger partial charge in [0.1, 0.15) is 17.1 Å². The number of anilines is 2. The minimum Gasteiger partial charge on any atom is -0.496 e. The number of imidazole rings is 1. The lowest BCUT2D eigenvalue weighted by molar-refractivity contribution is -0.122. The lowest BCUT2D eigenvalue weighted by atomic mass is 9.88. The Morgan fingerprint density at radius 2 is 2.09 bits per heavy atom. The predicted octanol–water partition coefficient (Wildman–Crippen LogP) is 3.55. The summed E-state index contributed by atoms with van der Waals surface area (Å²) >= 11 is 3.62. The van der Waals surface area contributed by atoms with Crippen molar-refractivity contribution in [2.75, 3.05) is 31.4 Å². The van der Waals surface area contributed by atoms with Gasteiger partial charge in [-0.05, 0) is 46.3 Å². The summed E-state index contributed by atoms with van der Waals surface area (Å²) < 4.78 is 6.43. The van der Waals surface area contributed by atoms with Crippen molar-refractivity contribution in [3.63, 3.8) is 0 Å². The van der Waals surface area contributed by atoms with E-state index in [0.717, 1.165) is 39.1 Å². The quantitative estimate of drug-likeness (QED) is 0.450. The number of rotatable bonds is 6. The molecule has 0 radical (unpaired) electrons. The van der Waals surface area contributed by atoms with Crippen molar-refractivity contribution in [1.29, 1.82) is 0 Å². The first-order chi connectivity index (χ1) is 15.4. The molecule has 3 aromatic rings. The molecule has 1 saturated carbocycles. The van der Waals surface area contributed by atoms with Crippen LogP contribution in [0.4, 0.5) is 11.4 Å². The van der Waals surface area contributed by atoms with Gasteiger partial charge in [0.05, 0.1) is 28.8 Å². The average Bonchev–Trinajstić information content (AvgIpc) is 3.49. The molecular formula is C23H25BrN6O2. The Morgan fingerprint density at radius 1 is 1.31 bits per heavy atom. The molecule has 166 valence electrons. The maximum Gasteiger partial charge on any atom is 0.223 e. The first kappa shape index (κ1) is 20.8. The standard InChI is InChI=1S/C23H25BrN6O2/c1-30(2)13-6-7-14(16(9-13)32-3)22-28-20-19(15(24)10-26-23(20)29-22)27-18-12-5-4-11(8-12)17(18)21(25)31/h4-7,9-12,17-18H,8H2,1-3H3,(H2,25,31)(H2,26,27,28,29)/t11-,12-,17+,18-/m1/s1. The number of methoxy groups -OCH3 is 1. The van der Waals surface area contributed by atoms with Gasteiger partial charge in [0.2, 0.25) is 5.91 Å². The summed E-state index contributed by atoms with van der Waals surface area (Å²) in [5.74, 6) is 1.35. The molecule has 0 saturated heterocycles. The lowest BCUT2D eigenvalue weighted by Gasteiger charge is -2.28. The van der Waals surface area contributed by atoms with Crippen LogP contribution in [0, 0.1) is 17.8 Å². The van der Waals surface area contributed by atoms with Gasteiger partial charge in [-0.25, -0.2) is 9.97 Å². The lowest BCUT2D eigenvalue weighted by Crippen LogP contribution is -2.41. The van der Waals surface area contributed by atoms with Gasteiger partial charge in [-0.1, -0.05) is 12.2 Å². The van der Waals surface area contributed by atoms with Gasteiger partial charge < -0.3 is 25.7 Å². The summed E-state index contributed by atoms with van der Waals surface area (Å²) in [4.78, 5) is 26.8. The molecule has 0 unspecified atom stereocenters. The summed E-state index contributed by atoms with van der Waals surface area (Å²) in [6.07, 6.45) is 6.97. The molecule has 2 heterocycles. The van der Waals surface area contributed by atoms with Crippen molar-refractivity contribution in [3.8, 4) is 17.1 Å². The molecule has 32 heavy (non-hydrogen) atoms. The number of hydrogen-bond donors (Lipinski definition) is 3. The Bertz CT molecular complexity index is 1240. The average molecular weight is 497 g/mol. The van der Waals surface area contributed by atoms with Crippen molar-refractivity contribution in [2.24, 2.45) is 23.5 Å². The van der Waals surface area contributed by atoms with Crippen molar-refractivity contribution in [1.82, 2.24) is 15.0 Å². The van der Waals surface area contributed by atoms with Crippen LogP contribution in [-0.4, -0.2) is 48.1 Å². The maximum atomic E-state index is 12.2. The van der Waals surface area contributed by atoms with Crippen LogP contribution in [-0.2, 0) is 4.79 Å². The number of nitrogens with one attached hydrogen (secondary N) is 2. The van der Waals surface area contributed by atoms with E-state index >= 15 is 0 Å². The van der Waals surface area contributed by atoms with Crippen molar-refractivity contribution < 1.29 is 9.53 Å². The van der Waals surface area contributed by atoms with Gasteiger partial charge in [-0.2, -0.15) is 0 Å². The number of nitrogens with two attached hydrogens (primary N) is 1. The van der Waals surface area contributed by atoms with Crippen LogP contribution in [0.2, 0.25) is 0 Å². The molecule has 1 aromatic carbocycles. The highest BCUT2D eigenvalue weighted by atomic mass is 79.9. The molecule has 4 atom stereocenters. The Kier molecular flexibility index (Phi) is 5.08. The third-order valence-corrected chi connectivity index (χ3v) is 7.13. The second-order valence-electron chi connectivity index (χ2n) is 8.59. The number of carbonyl (C=O) groups excluding carboxylic acids is 1. The van der Waals surface area contributed by atoms with Crippen LogP contribution in [0.3, 0.4) is 0 Å². The number of amides is 1. The number of fused-ring (bicyclic) bond motifs is 3. The smallest absolute Gasteiger partial charge is 0.223 e. The van der Waals surface area contributed by atoms with Crippen LogP contribution in [0.15, 0.2) is 41.0 Å². The first-order valence-electron chi connectivity index (χ1n) is 10.5.